The van der Waals surface area contributed by atoms with Crippen molar-refractivity contribution >= 4 is 17.3 Å². The van der Waals surface area contributed by atoms with Crippen LogP contribution in [0.15, 0.2) is 42.5 Å². The highest BCUT2D eigenvalue weighted by Gasteiger charge is 2.09. The van der Waals surface area contributed by atoms with Crippen LogP contribution in [0.3, 0.4) is 0 Å². The van der Waals surface area contributed by atoms with E-state index in [1.54, 1.807) is 12.1 Å². The fraction of sp³-hybridized carbons (Fsp3) is 0.143. The molecule has 1 N–H and O–H groups in total. The van der Waals surface area contributed by atoms with E-state index >= 15 is 0 Å². The lowest BCUT2D eigenvalue weighted by molar-refractivity contribution is 0.584. The Morgan fingerprint density at radius 2 is 1.72 bits per heavy atom. The Hall–Kier alpha value is -1.61. The first-order valence-electron chi connectivity index (χ1n) is 5.53. The molecule has 2 aromatic rings. The maximum absolute atomic E-state index is 13.5. The zero-order chi connectivity index (χ0) is 13.1. The van der Waals surface area contributed by atoms with E-state index in [9.17, 15) is 8.78 Å². The van der Waals surface area contributed by atoms with E-state index in [4.69, 9.17) is 11.6 Å². The van der Waals surface area contributed by atoms with Crippen molar-refractivity contribution in [2.75, 3.05) is 5.32 Å². The average Bonchev–Trinajstić information content (AvgIpc) is 2.33. The van der Waals surface area contributed by atoms with Gasteiger partial charge in [-0.1, -0.05) is 23.7 Å². The highest BCUT2D eigenvalue weighted by atomic mass is 35.5. The molecule has 0 bridgehead atoms. The zero-order valence-corrected chi connectivity index (χ0v) is 10.5. The second-order valence-electron chi connectivity index (χ2n) is 4.04. The number of anilines is 1. The van der Waals surface area contributed by atoms with Gasteiger partial charge in [0, 0.05) is 17.1 Å². The summed E-state index contributed by atoms with van der Waals surface area (Å²) in [6.45, 7) is 1.89. The molecule has 0 aliphatic heterocycles. The summed E-state index contributed by atoms with van der Waals surface area (Å²) < 4.78 is 26.2. The van der Waals surface area contributed by atoms with Crippen molar-refractivity contribution < 1.29 is 8.78 Å². The molecule has 18 heavy (non-hydrogen) atoms. The van der Waals surface area contributed by atoms with Crippen molar-refractivity contribution in [1.29, 1.82) is 0 Å². The van der Waals surface area contributed by atoms with E-state index < -0.39 is 11.6 Å². The number of halogens is 3. The Labute approximate surface area is 109 Å². The van der Waals surface area contributed by atoms with E-state index in [1.807, 2.05) is 19.1 Å². The molecule has 2 rings (SSSR count). The van der Waals surface area contributed by atoms with Crippen molar-refractivity contribution in [3.63, 3.8) is 0 Å². The fourth-order valence-electron chi connectivity index (χ4n) is 1.67. The van der Waals surface area contributed by atoms with Gasteiger partial charge in [-0.25, -0.2) is 8.78 Å². The third kappa shape index (κ3) is 2.99. The summed E-state index contributed by atoms with van der Waals surface area (Å²) in [5, 5.41) is 3.64. The Kier molecular flexibility index (Phi) is 3.82. The minimum atomic E-state index is -0.601. The van der Waals surface area contributed by atoms with Gasteiger partial charge in [0.1, 0.15) is 11.6 Å². The van der Waals surface area contributed by atoms with Gasteiger partial charge < -0.3 is 5.32 Å². The smallest absolute Gasteiger partial charge is 0.149 e. The van der Waals surface area contributed by atoms with Gasteiger partial charge in [0.15, 0.2) is 0 Å². The summed E-state index contributed by atoms with van der Waals surface area (Å²) in [6, 6.07) is 10.6. The fourth-order valence-corrected chi connectivity index (χ4v) is 1.80. The Morgan fingerprint density at radius 1 is 1.06 bits per heavy atom. The van der Waals surface area contributed by atoms with Gasteiger partial charge in [0.2, 0.25) is 0 Å². The van der Waals surface area contributed by atoms with Crippen LogP contribution < -0.4 is 5.32 Å². The normalized spacial score (nSPS) is 12.2. The number of rotatable bonds is 3. The molecule has 0 radical (unpaired) electrons. The molecule has 2 aromatic carbocycles. The van der Waals surface area contributed by atoms with E-state index in [1.165, 1.54) is 12.1 Å². The summed E-state index contributed by atoms with van der Waals surface area (Å²) in [7, 11) is 0. The predicted molar refractivity (Wildman–Crippen MR) is 69.8 cm³/mol. The SMILES string of the molecule is CC(Nc1ccc(F)cc1F)c1ccc(Cl)cc1. The van der Waals surface area contributed by atoms with Gasteiger partial charge in [-0.05, 0) is 36.8 Å². The van der Waals surface area contributed by atoms with Crippen molar-refractivity contribution in [2.45, 2.75) is 13.0 Å². The number of benzene rings is 2. The molecule has 1 nitrogen and oxygen atoms in total. The first-order chi connectivity index (χ1) is 8.56. The van der Waals surface area contributed by atoms with Gasteiger partial charge in [-0.3, -0.25) is 0 Å². The average molecular weight is 268 g/mol. The molecule has 0 saturated heterocycles. The maximum Gasteiger partial charge on any atom is 0.149 e. The number of hydrogen-bond donors (Lipinski definition) is 1. The molecule has 4 heteroatoms. The van der Waals surface area contributed by atoms with Crippen LogP contribution in [-0.4, -0.2) is 0 Å². The van der Waals surface area contributed by atoms with Crippen molar-refractivity contribution in [1.82, 2.24) is 0 Å². The largest absolute Gasteiger partial charge is 0.376 e. The van der Waals surface area contributed by atoms with Gasteiger partial charge >= 0.3 is 0 Å². The third-order valence-electron chi connectivity index (χ3n) is 2.67. The summed E-state index contributed by atoms with van der Waals surface area (Å²) in [5.74, 6) is -1.19. The van der Waals surface area contributed by atoms with Gasteiger partial charge in [0.25, 0.3) is 0 Å². The first kappa shape index (κ1) is 12.8. The summed E-state index contributed by atoms with van der Waals surface area (Å²) in [4.78, 5) is 0. The molecule has 0 heterocycles. The molecule has 0 saturated carbocycles. The van der Waals surface area contributed by atoms with Crippen LogP contribution in [0.2, 0.25) is 5.02 Å². The predicted octanol–water partition coefficient (Wildman–Crippen LogP) is 4.79. The maximum atomic E-state index is 13.5. The topological polar surface area (TPSA) is 12.0 Å². The Bertz CT molecular complexity index is 540. The minimum absolute atomic E-state index is 0.0952. The third-order valence-corrected chi connectivity index (χ3v) is 2.93. The first-order valence-corrected chi connectivity index (χ1v) is 5.91. The molecule has 0 aromatic heterocycles. The van der Waals surface area contributed by atoms with Gasteiger partial charge in [-0.2, -0.15) is 0 Å². The molecular weight excluding hydrogens is 256 g/mol. The molecule has 0 aliphatic rings. The minimum Gasteiger partial charge on any atom is -0.376 e. The molecule has 0 aliphatic carbocycles. The molecule has 1 atom stereocenters. The highest BCUT2D eigenvalue weighted by molar-refractivity contribution is 6.30. The second-order valence-corrected chi connectivity index (χ2v) is 4.48. The molecule has 1 unspecified atom stereocenters. The summed E-state index contributed by atoms with van der Waals surface area (Å²) in [5.41, 5.74) is 1.25. The van der Waals surface area contributed by atoms with E-state index in [0.29, 0.717) is 5.02 Å². The number of hydrogen-bond acceptors (Lipinski definition) is 1. The van der Waals surface area contributed by atoms with Crippen LogP contribution in [0.5, 0.6) is 0 Å². The van der Waals surface area contributed by atoms with Crippen molar-refractivity contribution in [3.05, 3.63) is 64.7 Å². The number of nitrogens with one attached hydrogen (secondary N) is 1. The van der Waals surface area contributed by atoms with Gasteiger partial charge in [-0.15, -0.1) is 0 Å². The van der Waals surface area contributed by atoms with E-state index in [2.05, 4.69) is 5.32 Å². The van der Waals surface area contributed by atoms with Crippen LogP contribution >= 0.6 is 11.6 Å². The Morgan fingerprint density at radius 3 is 2.33 bits per heavy atom. The van der Waals surface area contributed by atoms with Crippen LogP contribution in [0.4, 0.5) is 14.5 Å². The standard InChI is InChI=1S/C14H12ClF2N/c1-9(10-2-4-11(15)5-3-10)18-14-7-6-12(16)8-13(14)17/h2-9,18H,1H3. The van der Waals surface area contributed by atoms with Crippen molar-refractivity contribution in [3.8, 4) is 0 Å². The lowest BCUT2D eigenvalue weighted by Crippen LogP contribution is -2.07. The molecule has 0 amide bonds. The van der Waals surface area contributed by atoms with Crippen LogP contribution in [0.1, 0.15) is 18.5 Å². The lowest BCUT2D eigenvalue weighted by Gasteiger charge is -2.16. The van der Waals surface area contributed by atoms with E-state index in [-0.39, 0.29) is 11.7 Å². The summed E-state index contributed by atoms with van der Waals surface area (Å²) in [6.07, 6.45) is 0. The zero-order valence-electron chi connectivity index (χ0n) is 9.75. The van der Waals surface area contributed by atoms with Crippen LogP contribution in [0.25, 0.3) is 0 Å². The Balaban J connectivity index is 2.15. The van der Waals surface area contributed by atoms with Crippen LogP contribution in [-0.2, 0) is 0 Å². The van der Waals surface area contributed by atoms with E-state index in [0.717, 1.165) is 11.6 Å². The summed E-state index contributed by atoms with van der Waals surface area (Å²) >= 11 is 5.80. The van der Waals surface area contributed by atoms with Gasteiger partial charge in [0.05, 0.1) is 5.69 Å². The molecule has 0 spiro atoms. The monoisotopic (exact) mass is 267 g/mol. The molecular formula is C14H12ClF2N. The lowest BCUT2D eigenvalue weighted by atomic mass is 10.1. The highest BCUT2D eigenvalue weighted by Crippen LogP contribution is 2.23. The quantitative estimate of drug-likeness (QED) is 0.843. The molecule has 0 fully saturated rings. The molecule has 94 valence electrons. The second kappa shape index (κ2) is 5.36. The van der Waals surface area contributed by atoms with Crippen molar-refractivity contribution in [2.24, 2.45) is 0 Å². The van der Waals surface area contributed by atoms with Crippen LogP contribution in [0, 0.1) is 11.6 Å².